The summed E-state index contributed by atoms with van der Waals surface area (Å²) in [6.07, 6.45) is 19.4. The Bertz CT molecular complexity index is 1940. The lowest BCUT2D eigenvalue weighted by molar-refractivity contribution is -0.437. The number of fused-ring (bicyclic) bond motifs is 2. The van der Waals surface area contributed by atoms with Crippen molar-refractivity contribution in [3.8, 4) is 0 Å². The van der Waals surface area contributed by atoms with Crippen LogP contribution < -0.4 is 4.90 Å². The van der Waals surface area contributed by atoms with Gasteiger partial charge in [-0.1, -0.05) is 82.7 Å². The average molecular weight is 774 g/mol. The normalized spacial score (nSPS) is 21.9. The molecule has 1 atom stereocenters. The van der Waals surface area contributed by atoms with Crippen molar-refractivity contribution >= 4 is 29.0 Å². The van der Waals surface area contributed by atoms with Crippen LogP contribution in [0.4, 0.5) is 11.4 Å². The number of aliphatic carboxylic acids is 1. The summed E-state index contributed by atoms with van der Waals surface area (Å²) in [4.78, 5) is 33.3. The number of carboxylic acids is 1. The van der Waals surface area contributed by atoms with Crippen molar-refractivity contribution in [3.05, 3.63) is 107 Å². The monoisotopic (exact) mass is 774 g/mol. The van der Waals surface area contributed by atoms with Crippen molar-refractivity contribution in [1.29, 1.82) is 0 Å². The van der Waals surface area contributed by atoms with Crippen molar-refractivity contribution in [1.82, 2.24) is 9.80 Å². The third kappa shape index (κ3) is 9.09. The first kappa shape index (κ1) is 42.4. The number of carbonyl (C=O) groups is 2. The van der Waals surface area contributed by atoms with Gasteiger partial charge in [-0.2, -0.15) is 4.58 Å². The number of anilines is 1. The van der Waals surface area contributed by atoms with Gasteiger partial charge in [-0.25, -0.2) is 0 Å². The molecule has 0 saturated carbocycles. The zero-order chi connectivity index (χ0) is 40.7. The number of carbonyl (C=O) groups excluding carboxylic acids is 1. The minimum atomic E-state index is -0.855. The van der Waals surface area contributed by atoms with Crippen LogP contribution in [0.2, 0.25) is 0 Å². The molecule has 1 N–H and O–H groups in total. The van der Waals surface area contributed by atoms with E-state index < -0.39 is 5.97 Å². The van der Waals surface area contributed by atoms with Crippen molar-refractivity contribution < 1.29 is 19.3 Å². The third-order valence-corrected chi connectivity index (χ3v) is 13.0. The van der Waals surface area contributed by atoms with E-state index in [9.17, 15) is 14.7 Å². The summed E-state index contributed by atoms with van der Waals surface area (Å²) in [7, 11) is 0. The number of carboxylic acid groups (broad SMARTS) is 1. The molecule has 1 amide bonds. The summed E-state index contributed by atoms with van der Waals surface area (Å²) in [5.74, 6) is -0.828. The van der Waals surface area contributed by atoms with Crippen molar-refractivity contribution in [3.63, 3.8) is 0 Å². The quantitative estimate of drug-likeness (QED) is 0.172. The molecule has 4 aliphatic rings. The van der Waals surface area contributed by atoms with E-state index in [2.05, 4.69) is 141 Å². The molecular formula is C50H69N4O3+. The predicted molar refractivity (Wildman–Crippen MR) is 236 cm³/mol. The zero-order valence-electron chi connectivity index (χ0n) is 36.1. The minimum Gasteiger partial charge on any atom is -0.481 e. The van der Waals surface area contributed by atoms with Crippen LogP contribution in [0.5, 0.6) is 0 Å². The Hall–Kier alpha value is -4.23. The molecule has 2 aromatic carbocycles. The van der Waals surface area contributed by atoms with Crippen LogP contribution in [-0.2, 0) is 20.4 Å². The summed E-state index contributed by atoms with van der Waals surface area (Å²) < 4.78 is 2.49. The van der Waals surface area contributed by atoms with E-state index >= 15 is 0 Å². The van der Waals surface area contributed by atoms with Gasteiger partial charge in [-0.05, 0) is 108 Å². The Morgan fingerprint density at radius 3 is 2.35 bits per heavy atom. The molecule has 7 nitrogen and oxygen atoms in total. The maximum atomic E-state index is 14.6. The molecule has 1 aliphatic carbocycles. The maximum Gasteiger partial charge on any atom is 0.303 e. The molecular weight excluding hydrogens is 705 g/mol. The number of piperidine rings is 1. The van der Waals surface area contributed by atoms with E-state index in [0.717, 1.165) is 70.4 Å². The van der Waals surface area contributed by atoms with Crippen LogP contribution >= 0.6 is 0 Å². The van der Waals surface area contributed by atoms with E-state index in [4.69, 9.17) is 0 Å². The highest BCUT2D eigenvalue weighted by Crippen LogP contribution is 2.48. The summed E-state index contributed by atoms with van der Waals surface area (Å²) >= 11 is 0. The second kappa shape index (κ2) is 18.6. The Morgan fingerprint density at radius 2 is 1.61 bits per heavy atom. The van der Waals surface area contributed by atoms with Gasteiger partial charge < -0.3 is 19.8 Å². The Labute approximate surface area is 343 Å². The fourth-order valence-corrected chi connectivity index (χ4v) is 9.96. The molecule has 3 aliphatic heterocycles. The van der Waals surface area contributed by atoms with Crippen LogP contribution in [0.1, 0.15) is 137 Å². The predicted octanol–water partition coefficient (Wildman–Crippen LogP) is 10.8. The fourth-order valence-electron chi connectivity index (χ4n) is 9.96. The van der Waals surface area contributed by atoms with Crippen molar-refractivity contribution in [2.24, 2.45) is 0 Å². The fraction of sp³-hybridized carbons (Fsp3) is 0.540. The van der Waals surface area contributed by atoms with Gasteiger partial charge in [0.15, 0.2) is 5.71 Å². The van der Waals surface area contributed by atoms with E-state index in [-0.39, 0.29) is 29.6 Å². The molecule has 1 unspecified atom stereocenters. The SMILES string of the molecule is CCCN1/C(=C/C=C2\CCCC(/C=C/C3=[N+](CCC)c4ccccc4C3(C)C)=C2N(CCCN2CCCCC2C)C(=O)CCCC(=O)O)C(C)(C)c2ccccc21. The van der Waals surface area contributed by atoms with Gasteiger partial charge in [0.05, 0.1) is 5.41 Å². The van der Waals surface area contributed by atoms with Crippen molar-refractivity contribution in [2.75, 3.05) is 37.6 Å². The third-order valence-electron chi connectivity index (χ3n) is 13.0. The van der Waals surface area contributed by atoms with Gasteiger partial charge in [0.2, 0.25) is 11.6 Å². The molecule has 7 heteroatoms. The van der Waals surface area contributed by atoms with Crippen LogP contribution in [0.15, 0.2) is 95.4 Å². The number of hydrogen-bond acceptors (Lipinski definition) is 4. The Kier molecular flexibility index (Phi) is 13.8. The van der Waals surface area contributed by atoms with E-state index in [1.165, 1.54) is 64.3 Å². The largest absolute Gasteiger partial charge is 0.481 e. The molecule has 6 rings (SSSR count). The van der Waals surface area contributed by atoms with Gasteiger partial charge in [-0.15, -0.1) is 0 Å². The molecule has 0 bridgehead atoms. The van der Waals surface area contributed by atoms with E-state index in [1.807, 2.05) is 0 Å². The highest BCUT2D eigenvalue weighted by atomic mass is 16.4. The molecule has 3 heterocycles. The highest BCUT2D eigenvalue weighted by molar-refractivity contribution is 6.03. The van der Waals surface area contributed by atoms with Gasteiger partial charge in [-0.3, -0.25) is 9.59 Å². The average Bonchev–Trinajstić information content (AvgIpc) is 3.53. The summed E-state index contributed by atoms with van der Waals surface area (Å²) in [5, 5.41) is 9.52. The number of likely N-dealkylation sites (tertiary alicyclic amines) is 1. The maximum absolute atomic E-state index is 14.6. The topological polar surface area (TPSA) is 67.1 Å². The first-order valence-corrected chi connectivity index (χ1v) is 22.1. The van der Waals surface area contributed by atoms with Gasteiger partial charge in [0.25, 0.3) is 0 Å². The lowest BCUT2D eigenvalue weighted by Gasteiger charge is -2.35. The van der Waals surface area contributed by atoms with E-state index in [1.54, 1.807) is 0 Å². The number of benzene rings is 2. The first-order chi connectivity index (χ1) is 27.4. The van der Waals surface area contributed by atoms with Gasteiger partial charge in [0, 0.05) is 85.1 Å². The number of allylic oxidation sites excluding steroid dienone is 7. The van der Waals surface area contributed by atoms with Gasteiger partial charge in [0.1, 0.15) is 6.54 Å². The number of hydrogen-bond donors (Lipinski definition) is 1. The number of nitrogens with zero attached hydrogens (tertiary/aromatic N) is 4. The second-order valence-corrected chi connectivity index (χ2v) is 17.8. The second-order valence-electron chi connectivity index (χ2n) is 17.8. The smallest absolute Gasteiger partial charge is 0.303 e. The van der Waals surface area contributed by atoms with Crippen LogP contribution in [0, 0.1) is 0 Å². The number of rotatable bonds is 16. The number of para-hydroxylation sites is 2. The molecule has 0 aromatic heterocycles. The summed E-state index contributed by atoms with van der Waals surface area (Å²) in [6, 6.07) is 18.2. The molecule has 1 fully saturated rings. The van der Waals surface area contributed by atoms with E-state index in [0.29, 0.717) is 19.0 Å². The number of amides is 1. The minimum absolute atomic E-state index is 0.00436. The molecule has 0 radical (unpaired) electrons. The van der Waals surface area contributed by atoms with Crippen LogP contribution in [-0.4, -0.2) is 75.8 Å². The molecule has 306 valence electrons. The highest BCUT2D eigenvalue weighted by Gasteiger charge is 2.44. The molecule has 1 saturated heterocycles. The van der Waals surface area contributed by atoms with Gasteiger partial charge >= 0.3 is 5.97 Å². The molecule has 0 spiro atoms. The van der Waals surface area contributed by atoms with Crippen molar-refractivity contribution in [2.45, 2.75) is 142 Å². The summed E-state index contributed by atoms with van der Waals surface area (Å²) in [6.45, 7) is 20.7. The zero-order valence-corrected chi connectivity index (χ0v) is 36.1. The summed E-state index contributed by atoms with van der Waals surface area (Å²) in [5.41, 5.74) is 10.9. The Morgan fingerprint density at radius 1 is 0.860 bits per heavy atom. The standard InChI is InChI=1S/C50H68N4O3/c1-8-32-52-42-24-12-10-22-40(42)49(4,5)44(52)30-28-38-20-16-21-39(29-31-45-50(6,7)41-23-11-13-25-43(41)53(45)33-9-2)48(38)54(46(55)26-17-27-47(56)57)36-18-35-51-34-15-14-19-37(51)3/h10-13,22-25,28-31,37H,8-9,14-21,26-27,32-36H2,1-7H3/p+1. The molecule has 2 aromatic rings. The van der Waals surface area contributed by atoms with Crippen LogP contribution in [0.25, 0.3) is 0 Å². The first-order valence-electron chi connectivity index (χ1n) is 22.1. The van der Waals surface area contributed by atoms with Crippen LogP contribution in [0.3, 0.4) is 0 Å². The lowest BCUT2D eigenvalue weighted by Crippen LogP contribution is -2.40. The Balaban J connectivity index is 1.47. The lowest BCUT2D eigenvalue weighted by atomic mass is 9.81. The molecule has 57 heavy (non-hydrogen) atoms.